The number of aliphatic hydroxyl groups excluding tert-OH is 1. The molecule has 0 aliphatic heterocycles. The van der Waals surface area contributed by atoms with E-state index in [2.05, 4.69) is 6.92 Å². The van der Waals surface area contributed by atoms with E-state index in [1.165, 1.54) is 19.3 Å². The molecule has 0 spiro atoms. The summed E-state index contributed by atoms with van der Waals surface area (Å²) in [5.74, 6) is 0.910. The lowest BCUT2D eigenvalue weighted by Gasteiger charge is -1.93. The van der Waals surface area contributed by atoms with Crippen molar-refractivity contribution in [2.24, 2.45) is 0 Å². The Morgan fingerprint density at radius 1 is 1.07 bits per heavy atom. The van der Waals surface area contributed by atoms with Crippen molar-refractivity contribution in [1.82, 2.24) is 0 Å². The summed E-state index contributed by atoms with van der Waals surface area (Å²) in [5.41, 5.74) is 0. The molecule has 0 aromatic heterocycles. The maximum absolute atomic E-state index is 8.29. The minimum Gasteiger partial charge on any atom is -0.497 e. The smallest absolute Gasteiger partial charge is 0.118 e. The second-order valence-corrected chi connectivity index (χ2v) is 3.30. The van der Waals surface area contributed by atoms with Gasteiger partial charge in [-0.3, -0.25) is 0 Å². The highest BCUT2D eigenvalue weighted by Gasteiger charge is 1.81. The first-order chi connectivity index (χ1) is 7.35. The molecule has 1 aromatic carbocycles. The maximum Gasteiger partial charge on any atom is 0.118 e. The van der Waals surface area contributed by atoms with Crippen LogP contribution in [-0.4, -0.2) is 18.8 Å². The molecule has 15 heavy (non-hydrogen) atoms. The van der Waals surface area contributed by atoms with Crippen molar-refractivity contribution >= 4 is 0 Å². The predicted octanol–water partition coefficient (Wildman–Crippen LogP) is 3.25. The van der Waals surface area contributed by atoms with E-state index in [4.69, 9.17) is 9.84 Å². The second kappa shape index (κ2) is 11.1. The molecule has 86 valence electrons. The molecule has 0 unspecified atom stereocenters. The van der Waals surface area contributed by atoms with Crippen LogP contribution in [0, 0.1) is 0 Å². The summed E-state index contributed by atoms with van der Waals surface area (Å²) in [6.07, 6.45) is 4.68. The Morgan fingerprint density at radius 2 is 1.73 bits per heavy atom. The summed E-state index contributed by atoms with van der Waals surface area (Å²) in [7, 11) is 1.66. The highest BCUT2D eigenvalue weighted by molar-refractivity contribution is 5.20. The molecule has 0 amide bonds. The second-order valence-electron chi connectivity index (χ2n) is 3.30. The molecule has 0 heterocycles. The van der Waals surface area contributed by atoms with Crippen LogP contribution in [0.15, 0.2) is 30.3 Å². The van der Waals surface area contributed by atoms with E-state index < -0.39 is 0 Å². The molecule has 2 heteroatoms. The Balaban J connectivity index is 0.000000265. The van der Waals surface area contributed by atoms with E-state index in [1.807, 2.05) is 30.3 Å². The van der Waals surface area contributed by atoms with Gasteiger partial charge in [-0.25, -0.2) is 0 Å². The number of methoxy groups -OCH3 is 1. The molecule has 0 bridgehead atoms. The summed E-state index contributed by atoms with van der Waals surface area (Å²) in [6.45, 7) is 2.53. The fourth-order valence-electron chi connectivity index (χ4n) is 1.10. The van der Waals surface area contributed by atoms with Gasteiger partial charge in [-0.05, 0) is 18.6 Å². The monoisotopic (exact) mass is 210 g/mol. The molecule has 1 N–H and O–H groups in total. The van der Waals surface area contributed by atoms with Crippen LogP contribution in [0.4, 0.5) is 0 Å². The number of hydrogen-bond donors (Lipinski definition) is 1. The molecular weight excluding hydrogens is 188 g/mol. The molecule has 0 atom stereocenters. The number of aliphatic hydroxyl groups is 1. The average Bonchev–Trinajstić information content (AvgIpc) is 2.32. The van der Waals surface area contributed by atoms with Crippen LogP contribution in [0.5, 0.6) is 5.75 Å². The molecule has 0 saturated heterocycles. The fourth-order valence-corrected chi connectivity index (χ4v) is 1.10. The zero-order valence-corrected chi connectivity index (χ0v) is 9.78. The quantitative estimate of drug-likeness (QED) is 0.756. The zero-order chi connectivity index (χ0) is 11.4. The van der Waals surface area contributed by atoms with Crippen LogP contribution in [0.25, 0.3) is 0 Å². The number of rotatable bonds is 5. The Morgan fingerprint density at radius 3 is 2.13 bits per heavy atom. The minimum atomic E-state index is 0.361. The number of unbranched alkanes of at least 4 members (excludes halogenated alkanes) is 3. The third kappa shape index (κ3) is 9.29. The topological polar surface area (TPSA) is 29.5 Å². The maximum atomic E-state index is 8.29. The Labute approximate surface area is 92.9 Å². The summed E-state index contributed by atoms with van der Waals surface area (Å²) < 4.78 is 4.91. The zero-order valence-electron chi connectivity index (χ0n) is 9.78. The summed E-state index contributed by atoms with van der Waals surface area (Å²) in [6, 6.07) is 9.68. The van der Waals surface area contributed by atoms with Gasteiger partial charge in [-0.1, -0.05) is 44.4 Å². The van der Waals surface area contributed by atoms with Crippen molar-refractivity contribution in [1.29, 1.82) is 0 Å². The first kappa shape index (κ1) is 14.0. The lowest BCUT2D eigenvalue weighted by Crippen LogP contribution is -1.80. The standard InChI is InChI=1S/C7H8O.C6H14O/c1-8-7-5-3-2-4-6-7;1-2-3-4-5-6-7/h2-6H,1H3;7H,2-6H2,1H3. The van der Waals surface area contributed by atoms with Gasteiger partial charge in [0.25, 0.3) is 0 Å². The van der Waals surface area contributed by atoms with Crippen molar-refractivity contribution in [3.63, 3.8) is 0 Å². The molecule has 0 saturated carbocycles. The van der Waals surface area contributed by atoms with Crippen LogP contribution in [-0.2, 0) is 0 Å². The lowest BCUT2D eigenvalue weighted by molar-refractivity contribution is 0.283. The van der Waals surface area contributed by atoms with Crippen molar-refractivity contribution in [3.05, 3.63) is 30.3 Å². The predicted molar refractivity (Wildman–Crippen MR) is 64.2 cm³/mol. The van der Waals surface area contributed by atoms with Gasteiger partial charge in [-0.15, -0.1) is 0 Å². The van der Waals surface area contributed by atoms with Crippen LogP contribution in [0.2, 0.25) is 0 Å². The van der Waals surface area contributed by atoms with Gasteiger partial charge in [0.1, 0.15) is 5.75 Å². The molecule has 2 nitrogen and oxygen atoms in total. The average molecular weight is 210 g/mol. The number of ether oxygens (including phenoxy) is 1. The van der Waals surface area contributed by atoms with E-state index in [9.17, 15) is 0 Å². The van der Waals surface area contributed by atoms with Crippen molar-refractivity contribution in [3.8, 4) is 5.75 Å². The van der Waals surface area contributed by atoms with Gasteiger partial charge in [0, 0.05) is 6.61 Å². The van der Waals surface area contributed by atoms with E-state index in [-0.39, 0.29) is 0 Å². The highest BCUT2D eigenvalue weighted by Crippen LogP contribution is 2.05. The van der Waals surface area contributed by atoms with Gasteiger partial charge in [0.15, 0.2) is 0 Å². The largest absolute Gasteiger partial charge is 0.497 e. The highest BCUT2D eigenvalue weighted by atomic mass is 16.5. The van der Waals surface area contributed by atoms with Crippen LogP contribution < -0.4 is 4.74 Å². The number of benzene rings is 1. The van der Waals surface area contributed by atoms with E-state index in [1.54, 1.807) is 7.11 Å². The normalized spacial score (nSPS) is 9.00. The van der Waals surface area contributed by atoms with Gasteiger partial charge in [0.2, 0.25) is 0 Å². The van der Waals surface area contributed by atoms with Gasteiger partial charge >= 0.3 is 0 Å². The third-order valence-electron chi connectivity index (χ3n) is 1.99. The molecule has 1 rings (SSSR count). The lowest BCUT2D eigenvalue weighted by atomic mass is 10.2. The first-order valence-corrected chi connectivity index (χ1v) is 5.55. The van der Waals surface area contributed by atoms with E-state index in [0.29, 0.717) is 6.61 Å². The molecule has 0 aliphatic carbocycles. The molecule has 0 fully saturated rings. The molecule has 0 radical (unpaired) electrons. The minimum absolute atomic E-state index is 0.361. The van der Waals surface area contributed by atoms with Crippen molar-refractivity contribution in [2.45, 2.75) is 32.6 Å². The molecule has 0 aliphatic rings. The Hall–Kier alpha value is -1.02. The molecular formula is C13H22O2. The summed E-state index contributed by atoms with van der Waals surface area (Å²) in [5, 5.41) is 8.29. The SMILES string of the molecule is CCCCCCO.COc1ccccc1. The third-order valence-corrected chi connectivity index (χ3v) is 1.99. The fraction of sp³-hybridized carbons (Fsp3) is 0.538. The van der Waals surface area contributed by atoms with Crippen molar-refractivity contribution in [2.75, 3.05) is 13.7 Å². The summed E-state index contributed by atoms with van der Waals surface area (Å²) >= 11 is 0. The van der Waals surface area contributed by atoms with Crippen LogP contribution in [0.3, 0.4) is 0 Å². The van der Waals surface area contributed by atoms with Crippen molar-refractivity contribution < 1.29 is 9.84 Å². The van der Waals surface area contributed by atoms with Gasteiger partial charge in [-0.2, -0.15) is 0 Å². The Bertz CT molecular complexity index is 205. The summed E-state index contributed by atoms with van der Waals surface area (Å²) in [4.78, 5) is 0. The van der Waals surface area contributed by atoms with Crippen LogP contribution >= 0.6 is 0 Å². The number of hydrogen-bond acceptors (Lipinski definition) is 2. The van der Waals surface area contributed by atoms with Crippen LogP contribution in [0.1, 0.15) is 32.6 Å². The molecule has 1 aromatic rings. The van der Waals surface area contributed by atoms with E-state index in [0.717, 1.165) is 12.2 Å². The Kier molecular flexibility index (Phi) is 10.3. The number of para-hydroxylation sites is 1. The van der Waals surface area contributed by atoms with Gasteiger partial charge in [0.05, 0.1) is 7.11 Å². The first-order valence-electron chi connectivity index (χ1n) is 5.55. The van der Waals surface area contributed by atoms with Gasteiger partial charge < -0.3 is 9.84 Å². The van der Waals surface area contributed by atoms with E-state index >= 15 is 0 Å².